The Balaban J connectivity index is 1.71. The minimum absolute atomic E-state index is 0.0780. The van der Waals surface area contributed by atoms with Crippen molar-refractivity contribution in [1.82, 2.24) is 30.7 Å². The summed E-state index contributed by atoms with van der Waals surface area (Å²) in [6, 6.07) is 2.15. The zero-order chi connectivity index (χ0) is 35.8. The van der Waals surface area contributed by atoms with Gasteiger partial charge in [-0.3, -0.25) is 28.8 Å². The smallest absolute Gasteiger partial charge is 0.328 e. The van der Waals surface area contributed by atoms with Crippen LogP contribution in [0.25, 0.3) is 0 Å². The molecule has 0 saturated carbocycles. The summed E-state index contributed by atoms with van der Waals surface area (Å²) in [4.78, 5) is 98.8. The number of benzene rings is 1. The van der Waals surface area contributed by atoms with Gasteiger partial charge in [0.25, 0.3) is 5.91 Å². The van der Waals surface area contributed by atoms with Crippen LogP contribution in [0.3, 0.4) is 0 Å². The highest BCUT2D eigenvalue weighted by Crippen LogP contribution is 2.29. The molecule has 4 rings (SSSR count). The Morgan fingerprint density at radius 1 is 1.04 bits per heavy atom. The fraction of sp³-hybridized carbons (Fsp3) is 0.543. The summed E-state index contributed by atoms with van der Waals surface area (Å²) in [6.45, 7) is 8.02. The molecule has 1 aromatic rings. The monoisotopic (exact) mass is 678 g/mol. The first kappa shape index (κ1) is 36.9. The SMILES string of the molecule is C=C=CC(=O)NC(Cc1ccccc1)C(=O)NC1COC(=O)C2CCCN2C(=O)C(C)NC(=O)C(C)N(C)C(=O)C2CCC(CC)N2C1=O. The highest BCUT2D eigenvalue weighted by atomic mass is 16.5. The van der Waals surface area contributed by atoms with E-state index in [-0.39, 0.29) is 19.0 Å². The quantitative estimate of drug-likeness (QED) is 0.209. The summed E-state index contributed by atoms with van der Waals surface area (Å²) in [6.07, 6.45) is 3.28. The van der Waals surface area contributed by atoms with Crippen LogP contribution in [0.1, 0.15) is 58.4 Å². The third-order valence-electron chi connectivity index (χ3n) is 9.51. The van der Waals surface area contributed by atoms with Gasteiger partial charge in [-0.2, -0.15) is 0 Å². The molecule has 7 unspecified atom stereocenters. The molecule has 0 bridgehead atoms. The molecule has 0 radical (unpaired) electrons. The number of rotatable bonds is 7. The summed E-state index contributed by atoms with van der Waals surface area (Å²) in [5.74, 6) is -4.28. The fourth-order valence-electron chi connectivity index (χ4n) is 6.64. The van der Waals surface area contributed by atoms with Crippen molar-refractivity contribution < 1.29 is 38.3 Å². The lowest BCUT2D eigenvalue weighted by Gasteiger charge is -2.36. The summed E-state index contributed by atoms with van der Waals surface area (Å²) < 4.78 is 5.66. The Kier molecular flexibility index (Phi) is 12.4. The van der Waals surface area contributed by atoms with E-state index >= 15 is 0 Å². The second-order valence-corrected chi connectivity index (χ2v) is 12.7. The van der Waals surface area contributed by atoms with Gasteiger partial charge < -0.3 is 35.4 Å². The van der Waals surface area contributed by atoms with Crippen LogP contribution in [-0.4, -0.2) is 119 Å². The van der Waals surface area contributed by atoms with Gasteiger partial charge >= 0.3 is 5.97 Å². The van der Waals surface area contributed by atoms with Crippen LogP contribution in [0.15, 0.2) is 48.7 Å². The minimum Gasteiger partial charge on any atom is -0.461 e. The highest BCUT2D eigenvalue weighted by Gasteiger charge is 2.46. The minimum atomic E-state index is -1.44. The van der Waals surface area contributed by atoms with Gasteiger partial charge in [0, 0.05) is 32.1 Å². The fourth-order valence-corrected chi connectivity index (χ4v) is 6.64. The summed E-state index contributed by atoms with van der Waals surface area (Å²) in [5.41, 5.74) is 3.11. The molecule has 0 aliphatic carbocycles. The van der Waals surface area contributed by atoms with E-state index in [4.69, 9.17) is 4.74 Å². The van der Waals surface area contributed by atoms with Gasteiger partial charge in [0.2, 0.25) is 29.5 Å². The number of amides is 6. The first-order valence-electron chi connectivity index (χ1n) is 16.7. The number of carbonyl (C=O) groups is 7. The molecule has 3 saturated heterocycles. The Morgan fingerprint density at radius 2 is 1.76 bits per heavy atom. The molecule has 7 atom stereocenters. The molecule has 0 spiro atoms. The lowest BCUT2D eigenvalue weighted by Crippen LogP contribution is -2.61. The first-order chi connectivity index (χ1) is 23.4. The van der Waals surface area contributed by atoms with Crippen molar-refractivity contribution in [3.05, 3.63) is 54.3 Å². The summed E-state index contributed by atoms with van der Waals surface area (Å²) in [5, 5.41) is 7.97. The van der Waals surface area contributed by atoms with Gasteiger partial charge in [-0.05, 0) is 51.5 Å². The van der Waals surface area contributed by atoms with E-state index in [9.17, 15) is 33.6 Å². The van der Waals surface area contributed by atoms with Crippen LogP contribution in [0.5, 0.6) is 0 Å². The molecular formula is C35H46N6O8. The van der Waals surface area contributed by atoms with E-state index in [1.807, 2.05) is 13.0 Å². The number of hydrogen-bond acceptors (Lipinski definition) is 8. The number of cyclic esters (lactones) is 1. The van der Waals surface area contributed by atoms with Crippen molar-refractivity contribution in [2.75, 3.05) is 20.2 Å². The van der Waals surface area contributed by atoms with Gasteiger partial charge in [0.05, 0.1) is 0 Å². The molecule has 3 fully saturated rings. The van der Waals surface area contributed by atoms with Gasteiger partial charge in [-0.1, -0.05) is 43.8 Å². The molecule has 49 heavy (non-hydrogen) atoms. The standard InChI is InChI=1S/C35H46N6O8/c1-6-12-29(42)37-25(19-23-13-9-8-10-14-23)31(44)38-26-20-49-35(48)28-15-11-18-40(28)32(45)21(3)36-30(43)22(4)39(5)34(47)27-17-16-24(7-2)41(27)33(26)46/h8-10,12-14,21-22,24-28H,1,7,11,15-20H2,2-5H3,(H,36,43)(H,37,42)(H,38,44). The van der Waals surface area contributed by atoms with E-state index in [0.717, 1.165) is 11.6 Å². The second-order valence-electron chi connectivity index (χ2n) is 12.7. The van der Waals surface area contributed by atoms with Crippen molar-refractivity contribution in [2.24, 2.45) is 0 Å². The third kappa shape index (κ3) is 8.55. The molecule has 1 aromatic carbocycles. The zero-order valence-corrected chi connectivity index (χ0v) is 28.5. The van der Waals surface area contributed by atoms with Crippen molar-refractivity contribution in [2.45, 2.75) is 102 Å². The molecule has 6 amide bonds. The van der Waals surface area contributed by atoms with Gasteiger partial charge in [-0.15, -0.1) is 5.73 Å². The van der Waals surface area contributed by atoms with E-state index in [0.29, 0.717) is 32.1 Å². The maximum absolute atomic E-state index is 14.5. The zero-order valence-electron chi connectivity index (χ0n) is 28.5. The number of carbonyl (C=O) groups excluding carboxylic acids is 7. The number of fused-ring (bicyclic) bond motifs is 2. The van der Waals surface area contributed by atoms with Crippen LogP contribution >= 0.6 is 0 Å². The van der Waals surface area contributed by atoms with Crippen molar-refractivity contribution in [1.29, 1.82) is 0 Å². The van der Waals surface area contributed by atoms with E-state index in [1.165, 1.54) is 35.6 Å². The number of nitrogens with zero attached hydrogens (tertiary/aromatic N) is 3. The molecule has 3 aliphatic heterocycles. The predicted molar refractivity (Wildman–Crippen MR) is 177 cm³/mol. The molecule has 0 aromatic heterocycles. The van der Waals surface area contributed by atoms with Gasteiger partial charge in [-0.25, -0.2) is 4.79 Å². The topological polar surface area (TPSA) is 175 Å². The Bertz CT molecular complexity index is 1490. The molecule has 14 heteroatoms. The van der Waals surface area contributed by atoms with Gasteiger partial charge in [0.15, 0.2) is 0 Å². The largest absolute Gasteiger partial charge is 0.461 e. The maximum atomic E-state index is 14.5. The number of esters is 1. The van der Waals surface area contributed by atoms with Crippen molar-refractivity contribution in [3.8, 4) is 0 Å². The first-order valence-corrected chi connectivity index (χ1v) is 16.7. The highest BCUT2D eigenvalue weighted by molar-refractivity contribution is 5.98. The van der Waals surface area contributed by atoms with Crippen molar-refractivity contribution >= 4 is 41.4 Å². The number of ether oxygens (including phenoxy) is 1. The number of nitrogens with one attached hydrogen (secondary N) is 3. The molecule has 3 N–H and O–H groups in total. The molecule has 14 nitrogen and oxygen atoms in total. The van der Waals surface area contributed by atoms with Gasteiger partial charge in [0.1, 0.15) is 42.9 Å². The van der Waals surface area contributed by atoms with Crippen molar-refractivity contribution in [3.63, 3.8) is 0 Å². The van der Waals surface area contributed by atoms with Crippen LogP contribution in [0.4, 0.5) is 0 Å². The van der Waals surface area contributed by atoms with Crippen LogP contribution in [0, 0.1) is 0 Å². The maximum Gasteiger partial charge on any atom is 0.328 e. The summed E-state index contributed by atoms with van der Waals surface area (Å²) >= 11 is 0. The predicted octanol–water partition coefficient (Wildman–Crippen LogP) is 0.209. The average Bonchev–Trinajstić information content (AvgIpc) is 3.76. The average molecular weight is 679 g/mol. The molecule has 3 aliphatic rings. The van der Waals surface area contributed by atoms with Crippen LogP contribution in [-0.2, 0) is 44.7 Å². The lowest BCUT2D eigenvalue weighted by atomic mass is 10.0. The van der Waals surface area contributed by atoms with Crippen LogP contribution in [0.2, 0.25) is 0 Å². The van der Waals surface area contributed by atoms with E-state index in [2.05, 4.69) is 28.3 Å². The lowest BCUT2D eigenvalue weighted by molar-refractivity contribution is -0.158. The normalized spacial score (nSPS) is 27.3. The molecule has 264 valence electrons. The Labute approximate surface area is 286 Å². The second kappa shape index (κ2) is 16.4. The van der Waals surface area contributed by atoms with Crippen LogP contribution < -0.4 is 16.0 Å². The molecule has 3 heterocycles. The Morgan fingerprint density at radius 3 is 2.43 bits per heavy atom. The Hall–Kier alpha value is -4.97. The molecular weight excluding hydrogens is 632 g/mol. The number of hydrogen-bond donors (Lipinski definition) is 3. The van der Waals surface area contributed by atoms with E-state index < -0.39 is 84.3 Å². The number of likely N-dealkylation sites (N-methyl/N-ethyl adjacent to an activating group) is 1. The summed E-state index contributed by atoms with van der Waals surface area (Å²) in [7, 11) is 1.47. The van der Waals surface area contributed by atoms with E-state index in [1.54, 1.807) is 24.3 Å². The third-order valence-corrected chi connectivity index (χ3v) is 9.51.